The van der Waals surface area contributed by atoms with Crippen LogP contribution in [-0.2, 0) is 6.54 Å². The maximum absolute atomic E-state index is 12.1. The summed E-state index contributed by atoms with van der Waals surface area (Å²) in [5, 5.41) is 14.7. The fraction of sp³-hybridized carbons (Fsp3) is 0.263. The third-order valence-corrected chi connectivity index (χ3v) is 5.25. The van der Waals surface area contributed by atoms with Gasteiger partial charge in [0.2, 0.25) is 5.13 Å². The lowest BCUT2D eigenvalue weighted by Crippen LogP contribution is -2.28. The largest absolute Gasteiger partial charge is 0.372 e. The number of benzene rings is 1. The molecule has 2 amide bonds. The molecule has 3 heterocycles. The van der Waals surface area contributed by atoms with Crippen molar-refractivity contribution in [3.8, 4) is 10.7 Å². The number of urea groups is 1. The number of rotatable bonds is 5. The minimum atomic E-state index is -0.303. The number of hydrogen-bond donors (Lipinski definition) is 2. The van der Waals surface area contributed by atoms with E-state index in [4.69, 9.17) is 0 Å². The van der Waals surface area contributed by atoms with Crippen LogP contribution in [0, 0.1) is 0 Å². The highest BCUT2D eigenvalue weighted by molar-refractivity contribution is 7.18. The van der Waals surface area contributed by atoms with Gasteiger partial charge in [-0.25, -0.2) is 4.79 Å². The van der Waals surface area contributed by atoms with E-state index in [0.29, 0.717) is 16.7 Å². The molecule has 1 fully saturated rings. The van der Waals surface area contributed by atoms with Gasteiger partial charge in [-0.2, -0.15) is 0 Å². The van der Waals surface area contributed by atoms with Crippen molar-refractivity contribution in [2.75, 3.05) is 23.3 Å². The Labute approximate surface area is 161 Å². The van der Waals surface area contributed by atoms with E-state index in [9.17, 15) is 4.79 Å². The summed E-state index contributed by atoms with van der Waals surface area (Å²) in [6.45, 7) is 2.71. The topological polar surface area (TPSA) is 83.0 Å². The van der Waals surface area contributed by atoms with Crippen molar-refractivity contribution in [1.29, 1.82) is 0 Å². The van der Waals surface area contributed by atoms with Crippen LogP contribution in [0.1, 0.15) is 18.4 Å². The Bertz CT molecular complexity index is 890. The number of pyridine rings is 1. The number of anilines is 2. The normalized spacial score (nSPS) is 13.6. The lowest BCUT2D eigenvalue weighted by atomic mass is 10.2. The van der Waals surface area contributed by atoms with E-state index in [2.05, 4.69) is 55.0 Å². The van der Waals surface area contributed by atoms with Gasteiger partial charge in [-0.3, -0.25) is 10.3 Å². The van der Waals surface area contributed by atoms with Gasteiger partial charge >= 0.3 is 6.03 Å². The molecule has 1 aliphatic heterocycles. The fourth-order valence-electron chi connectivity index (χ4n) is 2.99. The quantitative estimate of drug-likeness (QED) is 0.708. The number of aromatic nitrogens is 3. The van der Waals surface area contributed by atoms with Crippen molar-refractivity contribution in [2.45, 2.75) is 19.4 Å². The number of nitrogens with zero attached hydrogens (tertiary/aromatic N) is 4. The standard InChI is InChI=1S/C19H20N6OS/c26-18(22-19-24-23-17(27-19)16-5-1-2-10-20-16)21-13-14-6-8-15(9-7-14)25-11-3-4-12-25/h1-2,5-10H,3-4,11-13H2,(H2,21,22,24,26). The summed E-state index contributed by atoms with van der Waals surface area (Å²) in [6, 6.07) is 13.6. The Morgan fingerprint density at radius 2 is 1.89 bits per heavy atom. The molecule has 3 aromatic rings. The van der Waals surface area contributed by atoms with E-state index in [0.717, 1.165) is 24.3 Å². The first-order chi connectivity index (χ1) is 13.3. The second kappa shape index (κ2) is 8.13. The highest BCUT2D eigenvalue weighted by Gasteiger charge is 2.12. The number of nitrogens with one attached hydrogen (secondary N) is 2. The van der Waals surface area contributed by atoms with Crippen LogP contribution >= 0.6 is 11.3 Å². The highest BCUT2D eigenvalue weighted by Crippen LogP contribution is 2.24. The third-order valence-electron chi connectivity index (χ3n) is 4.39. The molecule has 4 rings (SSSR count). The summed E-state index contributed by atoms with van der Waals surface area (Å²) >= 11 is 1.29. The van der Waals surface area contributed by atoms with Crippen molar-refractivity contribution in [3.63, 3.8) is 0 Å². The zero-order valence-corrected chi connectivity index (χ0v) is 15.6. The Kier molecular flexibility index (Phi) is 5.24. The molecule has 0 aliphatic carbocycles. The van der Waals surface area contributed by atoms with E-state index in [1.807, 2.05) is 18.2 Å². The van der Waals surface area contributed by atoms with Crippen LogP contribution in [0.5, 0.6) is 0 Å². The van der Waals surface area contributed by atoms with Crippen LogP contribution in [-0.4, -0.2) is 34.3 Å². The molecule has 138 valence electrons. The van der Waals surface area contributed by atoms with Gasteiger partial charge in [-0.05, 0) is 42.7 Å². The van der Waals surface area contributed by atoms with E-state index in [-0.39, 0.29) is 6.03 Å². The molecule has 1 saturated heterocycles. The van der Waals surface area contributed by atoms with Gasteiger partial charge in [0, 0.05) is 31.5 Å². The third kappa shape index (κ3) is 4.40. The summed E-state index contributed by atoms with van der Waals surface area (Å²) in [5.74, 6) is 0. The Balaban J connectivity index is 1.29. The van der Waals surface area contributed by atoms with Crippen molar-refractivity contribution in [1.82, 2.24) is 20.5 Å². The molecular formula is C19H20N6OS. The smallest absolute Gasteiger partial charge is 0.321 e. The first-order valence-electron chi connectivity index (χ1n) is 8.91. The fourth-order valence-corrected chi connectivity index (χ4v) is 3.71. The van der Waals surface area contributed by atoms with Crippen LogP contribution in [0.3, 0.4) is 0 Å². The lowest BCUT2D eigenvalue weighted by Gasteiger charge is -2.17. The molecule has 0 unspecified atom stereocenters. The molecule has 0 bridgehead atoms. The summed E-state index contributed by atoms with van der Waals surface area (Å²) in [4.78, 5) is 18.7. The molecule has 2 N–H and O–H groups in total. The van der Waals surface area contributed by atoms with Gasteiger partial charge in [0.05, 0.1) is 0 Å². The Morgan fingerprint density at radius 3 is 2.63 bits per heavy atom. The van der Waals surface area contributed by atoms with Gasteiger partial charge < -0.3 is 10.2 Å². The first kappa shape index (κ1) is 17.4. The van der Waals surface area contributed by atoms with Gasteiger partial charge in [-0.1, -0.05) is 29.5 Å². The van der Waals surface area contributed by atoms with Crippen molar-refractivity contribution in [2.24, 2.45) is 0 Å². The van der Waals surface area contributed by atoms with E-state index >= 15 is 0 Å². The van der Waals surface area contributed by atoms with Crippen LogP contribution in [0.2, 0.25) is 0 Å². The van der Waals surface area contributed by atoms with Crippen LogP contribution in [0.4, 0.5) is 15.6 Å². The monoisotopic (exact) mass is 380 g/mol. The van der Waals surface area contributed by atoms with Crippen LogP contribution < -0.4 is 15.5 Å². The van der Waals surface area contributed by atoms with Gasteiger partial charge in [0.15, 0.2) is 5.01 Å². The zero-order chi connectivity index (χ0) is 18.5. The average molecular weight is 380 g/mol. The molecule has 8 heteroatoms. The second-order valence-electron chi connectivity index (χ2n) is 6.30. The zero-order valence-electron chi connectivity index (χ0n) is 14.8. The maximum atomic E-state index is 12.1. The molecule has 0 spiro atoms. The van der Waals surface area contributed by atoms with Gasteiger partial charge in [-0.15, -0.1) is 10.2 Å². The van der Waals surface area contributed by atoms with Crippen LogP contribution in [0.25, 0.3) is 10.7 Å². The van der Waals surface area contributed by atoms with Gasteiger partial charge in [0.1, 0.15) is 5.69 Å². The molecule has 1 aliphatic rings. The van der Waals surface area contributed by atoms with Crippen LogP contribution in [0.15, 0.2) is 48.7 Å². The number of hydrogen-bond acceptors (Lipinski definition) is 6. The first-order valence-corrected chi connectivity index (χ1v) is 9.73. The highest BCUT2D eigenvalue weighted by atomic mass is 32.1. The molecule has 2 aromatic heterocycles. The van der Waals surface area contributed by atoms with Crippen molar-refractivity contribution < 1.29 is 4.79 Å². The number of carbonyl (C=O) groups excluding carboxylic acids is 1. The maximum Gasteiger partial charge on any atom is 0.321 e. The Hall–Kier alpha value is -3.00. The second-order valence-corrected chi connectivity index (χ2v) is 7.27. The van der Waals surface area contributed by atoms with Gasteiger partial charge in [0.25, 0.3) is 0 Å². The van der Waals surface area contributed by atoms with E-state index < -0.39 is 0 Å². The predicted molar refractivity (Wildman–Crippen MR) is 107 cm³/mol. The van der Waals surface area contributed by atoms with E-state index in [1.165, 1.54) is 29.9 Å². The average Bonchev–Trinajstić information content (AvgIpc) is 3.40. The number of carbonyl (C=O) groups is 1. The molecule has 27 heavy (non-hydrogen) atoms. The minimum absolute atomic E-state index is 0.303. The number of amides is 2. The van der Waals surface area contributed by atoms with E-state index in [1.54, 1.807) is 6.20 Å². The van der Waals surface area contributed by atoms with Crippen molar-refractivity contribution >= 4 is 28.2 Å². The lowest BCUT2D eigenvalue weighted by molar-refractivity contribution is 0.251. The summed E-state index contributed by atoms with van der Waals surface area (Å²) in [6.07, 6.45) is 4.22. The Morgan fingerprint density at radius 1 is 1.07 bits per heavy atom. The summed E-state index contributed by atoms with van der Waals surface area (Å²) < 4.78 is 0. The SMILES string of the molecule is O=C(NCc1ccc(N2CCCC2)cc1)Nc1nnc(-c2ccccn2)s1. The molecule has 7 nitrogen and oxygen atoms in total. The molecule has 0 atom stereocenters. The molecular weight excluding hydrogens is 360 g/mol. The molecule has 0 radical (unpaired) electrons. The minimum Gasteiger partial charge on any atom is -0.372 e. The summed E-state index contributed by atoms with van der Waals surface area (Å²) in [7, 11) is 0. The summed E-state index contributed by atoms with van der Waals surface area (Å²) in [5.41, 5.74) is 3.04. The van der Waals surface area contributed by atoms with Crippen molar-refractivity contribution in [3.05, 3.63) is 54.2 Å². The predicted octanol–water partition coefficient (Wildman–Crippen LogP) is 3.52. The molecule has 1 aromatic carbocycles. The molecule has 0 saturated carbocycles.